The molecular formula is C26H25FN2O2. The van der Waals surface area contributed by atoms with Gasteiger partial charge in [-0.15, -0.1) is 0 Å². The van der Waals surface area contributed by atoms with Gasteiger partial charge in [0.1, 0.15) is 11.5 Å². The Morgan fingerprint density at radius 2 is 1.55 bits per heavy atom. The van der Waals surface area contributed by atoms with Crippen molar-refractivity contribution < 1.29 is 14.3 Å². The van der Waals surface area contributed by atoms with Crippen LogP contribution in [-0.2, 0) is 19.6 Å². The number of carboxylic acid groups (broad SMARTS) is 1. The minimum absolute atomic E-state index is 0.272. The van der Waals surface area contributed by atoms with E-state index in [1.165, 1.54) is 17.7 Å². The first-order chi connectivity index (χ1) is 14.9. The molecule has 4 rings (SSSR count). The predicted octanol–water partition coefficient (Wildman–Crippen LogP) is 5.43. The van der Waals surface area contributed by atoms with E-state index >= 15 is 0 Å². The number of aryl methyl sites for hydroxylation is 2. The van der Waals surface area contributed by atoms with Crippen LogP contribution in [0.25, 0.3) is 10.9 Å². The van der Waals surface area contributed by atoms with Crippen molar-refractivity contribution in [2.75, 3.05) is 0 Å². The topological polar surface area (TPSA) is 54.3 Å². The third-order valence-electron chi connectivity index (χ3n) is 5.53. The van der Waals surface area contributed by atoms with Crippen molar-refractivity contribution >= 4 is 16.9 Å². The molecule has 0 unspecified atom stereocenters. The van der Waals surface area contributed by atoms with Crippen LogP contribution >= 0.6 is 0 Å². The highest BCUT2D eigenvalue weighted by Gasteiger charge is 2.22. The molecular weight excluding hydrogens is 391 g/mol. The van der Waals surface area contributed by atoms with Crippen molar-refractivity contribution in [3.8, 4) is 0 Å². The number of aromatic carboxylic acids is 1. The molecule has 2 N–H and O–H groups in total. The smallest absolute Gasteiger partial charge is 0.352 e. The summed E-state index contributed by atoms with van der Waals surface area (Å²) in [6, 6.07) is 20.5. The number of hydrogen-bond donors (Lipinski definition) is 2. The van der Waals surface area contributed by atoms with Crippen LogP contribution in [0.4, 0.5) is 4.39 Å². The molecule has 5 heteroatoms. The van der Waals surface area contributed by atoms with Crippen LogP contribution in [0, 0.1) is 19.7 Å². The highest BCUT2D eigenvalue weighted by Crippen LogP contribution is 2.29. The molecule has 0 aliphatic rings. The maximum atomic E-state index is 13.1. The molecule has 0 saturated carbocycles. The van der Waals surface area contributed by atoms with E-state index in [0.717, 1.165) is 33.2 Å². The summed E-state index contributed by atoms with van der Waals surface area (Å²) >= 11 is 0. The summed E-state index contributed by atoms with van der Waals surface area (Å²) in [7, 11) is 0. The fraction of sp³-hybridized carbons (Fsp3) is 0.192. The first-order valence-electron chi connectivity index (χ1n) is 10.3. The molecule has 0 amide bonds. The second-order valence-corrected chi connectivity index (χ2v) is 7.95. The molecule has 0 spiro atoms. The summed E-state index contributed by atoms with van der Waals surface area (Å²) in [4.78, 5) is 12.3. The van der Waals surface area contributed by atoms with Gasteiger partial charge in [-0.25, -0.2) is 9.18 Å². The van der Waals surface area contributed by atoms with Gasteiger partial charge in [0, 0.05) is 36.1 Å². The van der Waals surface area contributed by atoms with Gasteiger partial charge in [-0.2, -0.15) is 0 Å². The average molecular weight is 416 g/mol. The van der Waals surface area contributed by atoms with Gasteiger partial charge in [0.25, 0.3) is 0 Å². The van der Waals surface area contributed by atoms with E-state index in [2.05, 4.69) is 5.32 Å². The van der Waals surface area contributed by atoms with E-state index in [9.17, 15) is 14.3 Å². The van der Waals surface area contributed by atoms with Gasteiger partial charge >= 0.3 is 5.97 Å². The van der Waals surface area contributed by atoms with Crippen LogP contribution in [0.15, 0.2) is 66.7 Å². The lowest BCUT2D eigenvalue weighted by molar-refractivity contribution is 0.0684. The monoisotopic (exact) mass is 416 g/mol. The van der Waals surface area contributed by atoms with Gasteiger partial charge < -0.3 is 15.0 Å². The van der Waals surface area contributed by atoms with Crippen molar-refractivity contribution in [3.63, 3.8) is 0 Å². The lowest BCUT2D eigenvalue weighted by Gasteiger charge is -2.10. The lowest BCUT2D eigenvalue weighted by Crippen LogP contribution is -2.17. The molecule has 158 valence electrons. The largest absolute Gasteiger partial charge is 0.477 e. The molecule has 0 atom stereocenters. The van der Waals surface area contributed by atoms with E-state index in [1.807, 2.05) is 60.9 Å². The number of halogens is 1. The van der Waals surface area contributed by atoms with Gasteiger partial charge in [0.2, 0.25) is 0 Å². The van der Waals surface area contributed by atoms with E-state index in [0.29, 0.717) is 25.3 Å². The molecule has 4 aromatic rings. The van der Waals surface area contributed by atoms with Crippen molar-refractivity contribution in [3.05, 3.63) is 106 Å². The fourth-order valence-electron chi connectivity index (χ4n) is 3.93. The number of carbonyl (C=O) groups is 1. The Kier molecular flexibility index (Phi) is 5.87. The Morgan fingerprint density at radius 3 is 2.23 bits per heavy atom. The van der Waals surface area contributed by atoms with Crippen molar-refractivity contribution in [2.45, 2.75) is 33.5 Å². The Morgan fingerprint density at radius 1 is 0.903 bits per heavy atom. The molecule has 0 saturated heterocycles. The molecule has 0 fully saturated rings. The zero-order valence-corrected chi connectivity index (χ0v) is 17.7. The standard InChI is InChI=1S/C26H25FN2O2/c1-17-3-6-20(7-4-17)16-29-24-13-18(2)5-12-22(24)23(25(29)26(30)31)15-28-14-19-8-10-21(27)11-9-19/h3-13,28H,14-16H2,1-2H3,(H,30,31). The van der Waals surface area contributed by atoms with Crippen LogP contribution in [-0.4, -0.2) is 15.6 Å². The number of nitrogens with one attached hydrogen (secondary N) is 1. The van der Waals surface area contributed by atoms with Crippen molar-refractivity contribution in [1.29, 1.82) is 0 Å². The Hall–Kier alpha value is -3.44. The molecule has 1 heterocycles. The summed E-state index contributed by atoms with van der Waals surface area (Å²) in [5, 5.41) is 14.4. The van der Waals surface area contributed by atoms with E-state index in [-0.39, 0.29) is 5.82 Å². The minimum atomic E-state index is -0.945. The summed E-state index contributed by atoms with van der Waals surface area (Å²) in [5.41, 5.74) is 6.22. The fourth-order valence-corrected chi connectivity index (χ4v) is 3.93. The predicted molar refractivity (Wildman–Crippen MR) is 121 cm³/mol. The third-order valence-corrected chi connectivity index (χ3v) is 5.53. The molecule has 4 nitrogen and oxygen atoms in total. The Bertz CT molecular complexity index is 1230. The maximum absolute atomic E-state index is 13.1. The zero-order chi connectivity index (χ0) is 22.0. The summed E-state index contributed by atoms with van der Waals surface area (Å²) in [6.07, 6.45) is 0. The number of hydrogen-bond acceptors (Lipinski definition) is 2. The summed E-state index contributed by atoms with van der Waals surface area (Å²) < 4.78 is 15.0. The quantitative estimate of drug-likeness (QED) is 0.422. The molecule has 0 aliphatic carbocycles. The minimum Gasteiger partial charge on any atom is -0.477 e. The van der Waals surface area contributed by atoms with Crippen LogP contribution in [0.3, 0.4) is 0 Å². The van der Waals surface area contributed by atoms with Crippen LogP contribution in [0.1, 0.15) is 38.3 Å². The molecule has 3 aromatic carbocycles. The second kappa shape index (κ2) is 8.74. The first-order valence-corrected chi connectivity index (χ1v) is 10.3. The summed E-state index contributed by atoms with van der Waals surface area (Å²) in [5.74, 6) is -1.22. The van der Waals surface area contributed by atoms with E-state index in [4.69, 9.17) is 0 Å². The van der Waals surface area contributed by atoms with Crippen molar-refractivity contribution in [2.24, 2.45) is 0 Å². The zero-order valence-electron chi connectivity index (χ0n) is 17.7. The molecule has 1 aromatic heterocycles. The molecule has 31 heavy (non-hydrogen) atoms. The number of rotatable bonds is 7. The Balaban J connectivity index is 1.71. The summed E-state index contributed by atoms with van der Waals surface area (Å²) in [6.45, 7) is 5.45. The third kappa shape index (κ3) is 4.52. The highest BCUT2D eigenvalue weighted by atomic mass is 19.1. The van der Waals surface area contributed by atoms with Gasteiger partial charge in [-0.05, 0) is 48.7 Å². The Labute approximate surface area is 181 Å². The normalized spacial score (nSPS) is 11.2. The van der Waals surface area contributed by atoms with Gasteiger partial charge in [-0.3, -0.25) is 0 Å². The number of benzene rings is 3. The number of aromatic nitrogens is 1. The van der Waals surface area contributed by atoms with Gasteiger partial charge in [0.15, 0.2) is 0 Å². The van der Waals surface area contributed by atoms with Gasteiger partial charge in [-0.1, -0.05) is 54.1 Å². The maximum Gasteiger partial charge on any atom is 0.352 e. The van der Waals surface area contributed by atoms with Crippen LogP contribution < -0.4 is 5.32 Å². The highest BCUT2D eigenvalue weighted by molar-refractivity contribution is 5.98. The second-order valence-electron chi connectivity index (χ2n) is 7.95. The molecule has 0 aliphatic heterocycles. The van der Waals surface area contributed by atoms with Crippen LogP contribution in [0.5, 0.6) is 0 Å². The molecule has 0 bridgehead atoms. The average Bonchev–Trinajstić information content (AvgIpc) is 3.04. The number of carboxylic acids is 1. The SMILES string of the molecule is Cc1ccc(Cn2c(C(=O)O)c(CNCc3ccc(F)cc3)c3ccc(C)cc32)cc1. The molecule has 0 radical (unpaired) electrons. The lowest BCUT2D eigenvalue weighted by atomic mass is 10.1. The van der Waals surface area contributed by atoms with E-state index in [1.54, 1.807) is 12.1 Å². The first kappa shape index (κ1) is 20.8. The number of fused-ring (bicyclic) bond motifs is 1. The van der Waals surface area contributed by atoms with Crippen LogP contribution in [0.2, 0.25) is 0 Å². The van der Waals surface area contributed by atoms with E-state index < -0.39 is 5.97 Å². The number of nitrogens with zero attached hydrogens (tertiary/aromatic N) is 1. The van der Waals surface area contributed by atoms with Gasteiger partial charge in [0.05, 0.1) is 0 Å². The van der Waals surface area contributed by atoms with Crippen molar-refractivity contribution in [1.82, 2.24) is 9.88 Å².